The molecule has 0 radical (unpaired) electrons. The zero-order valence-corrected chi connectivity index (χ0v) is 38.1. The van der Waals surface area contributed by atoms with Crippen molar-refractivity contribution in [3.05, 3.63) is 59.7 Å². The van der Waals surface area contributed by atoms with Crippen molar-refractivity contribution in [3.8, 4) is 11.1 Å². The van der Waals surface area contributed by atoms with Crippen LogP contribution >= 0.6 is 0 Å². The lowest BCUT2D eigenvalue weighted by molar-refractivity contribution is -0.155. The summed E-state index contributed by atoms with van der Waals surface area (Å²) >= 11 is 0. The molecule has 0 spiro atoms. The number of likely N-dealkylation sites (tertiary alicyclic amines) is 1. The highest BCUT2D eigenvalue weighted by Gasteiger charge is 2.37. The highest BCUT2D eigenvalue weighted by Crippen LogP contribution is 2.44. The summed E-state index contributed by atoms with van der Waals surface area (Å²) < 4.78 is 5.45. The predicted octanol–water partition coefficient (Wildman–Crippen LogP) is -0.590. The number of nitrogens with one attached hydrogen (secondary N) is 6. The lowest BCUT2D eigenvalue weighted by Gasteiger charge is -2.27. The van der Waals surface area contributed by atoms with Gasteiger partial charge in [0.15, 0.2) is 0 Å². The van der Waals surface area contributed by atoms with Gasteiger partial charge in [0.05, 0.1) is 25.7 Å². The summed E-state index contributed by atoms with van der Waals surface area (Å²) in [6.07, 6.45) is 1.04. The molecule has 2 aromatic rings. The number of hydrogen-bond acceptors (Lipinski definition) is 12. The van der Waals surface area contributed by atoms with Crippen LogP contribution in [0.5, 0.6) is 0 Å². The highest BCUT2D eigenvalue weighted by atomic mass is 16.5. The first-order valence-corrected chi connectivity index (χ1v) is 22.3. The van der Waals surface area contributed by atoms with Crippen LogP contribution in [0.2, 0.25) is 0 Å². The predicted molar refractivity (Wildman–Crippen MR) is 240 cm³/mol. The maximum atomic E-state index is 13.4. The Morgan fingerprint density at radius 2 is 1.35 bits per heavy atom. The van der Waals surface area contributed by atoms with Crippen LogP contribution in [0, 0.1) is 11.8 Å². The van der Waals surface area contributed by atoms with Gasteiger partial charge in [0, 0.05) is 18.9 Å². The smallest absolute Gasteiger partial charge is 0.376 e. The minimum Gasteiger partial charge on any atom is -0.459 e. The van der Waals surface area contributed by atoms with E-state index < -0.39 is 102 Å². The molecule has 0 saturated carbocycles. The summed E-state index contributed by atoms with van der Waals surface area (Å²) in [6.45, 7) is 7.28. The van der Waals surface area contributed by atoms with E-state index in [9.17, 15) is 47.9 Å². The fraction of sp³-hybridized carbons (Fsp3) is 0.522. The fourth-order valence-corrected chi connectivity index (χ4v) is 7.94. The Balaban J connectivity index is 1.28. The molecule has 2 aromatic carbocycles. The van der Waals surface area contributed by atoms with Crippen molar-refractivity contribution in [1.29, 1.82) is 0 Å². The number of rotatable bonds is 24. The summed E-state index contributed by atoms with van der Waals surface area (Å²) in [5.74, 6) is -8.58. The standard InChI is InChI=1S/C46H63N9O11/c1-6-26(4)40(54-38(58)23-50-43(62)34(20-25(2)3)53-44(63)35-16-11-19-55(35)39(59)21-47)45(64)51-27(5)42(61)49-22-37(57)52-33(17-18-36(48)56)41(60)46(65)66-24-32-30-14-9-7-12-28(30)29-13-8-10-15-31(29)32/h7-10,12-15,25-27,32-35,40H,6,11,16-24,47H2,1-5H3,(H2,48,56)(H,49,61)(H,50,62)(H,51,64)(H,52,57)(H,53,63)(H,54,58)/t26-,27-,33-,34-,35-,40-/m0/s1. The second kappa shape index (κ2) is 24.6. The molecule has 1 aliphatic heterocycles. The molecule has 0 bridgehead atoms. The lowest BCUT2D eigenvalue weighted by atomic mass is 9.98. The number of benzene rings is 2. The number of esters is 1. The number of primary amides is 1. The van der Waals surface area contributed by atoms with Gasteiger partial charge in [-0.3, -0.25) is 43.2 Å². The average molecular weight is 918 g/mol. The first-order valence-electron chi connectivity index (χ1n) is 22.3. The van der Waals surface area contributed by atoms with E-state index in [1.807, 2.05) is 62.4 Å². The Kier molecular flexibility index (Phi) is 19.3. The third-order valence-electron chi connectivity index (χ3n) is 11.7. The number of carbonyl (C=O) groups is 10. The van der Waals surface area contributed by atoms with E-state index in [0.29, 0.717) is 25.8 Å². The third-order valence-corrected chi connectivity index (χ3v) is 11.7. The van der Waals surface area contributed by atoms with E-state index in [4.69, 9.17) is 16.2 Å². The molecule has 2 aliphatic rings. The van der Waals surface area contributed by atoms with Crippen LogP contribution in [0.1, 0.15) is 90.2 Å². The average Bonchev–Trinajstić information content (AvgIpc) is 3.92. The van der Waals surface area contributed by atoms with Crippen LogP contribution in [0.15, 0.2) is 48.5 Å². The van der Waals surface area contributed by atoms with Gasteiger partial charge in [-0.05, 0) is 66.7 Å². The van der Waals surface area contributed by atoms with Crippen LogP contribution in [0.3, 0.4) is 0 Å². The Labute approximate surface area is 383 Å². The summed E-state index contributed by atoms with van der Waals surface area (Å²) in [6, 6.07) is 9.60. The Bertz CT molecular complexity index is 2100. The Morgan fingerprint density at radius 3 is 1.92 bits per heavy atom. The Hall–Kier alpha value is -6.70. The maximum absolute atomic E-state index is 13.4. The monoisotopic (exact) mass is 917 g/mol. The molecule has 1 heterocycles. The number of Topliss-reactive ketones (excluding diaryl/α,β-unsaturated/α-hetero) is 1. The number of nitrogens with zero attached hydrogens (tertiary/aromatic N) is 1. The van der Waals surface area contributed by atoms with E-state index in [-0.39, 0.29) is 50.2 Å². The molecule has 358 valence electrons. The van der Waals surface area contributed by atoms with Crippen molar-refractivity contribution in [3.63, 3.8) is 0 Å². The number of carbonyl (C=O) groups excluding carboxylic acids is 10. The van der Waals surface area contributed by atoms with E-state index in [1.165, 1.54) is 11.8 Å². The van der Waals surface area contributed by atoms with Gasteiger partial charge < -0.3 is 53.0 Å². The number of ether oxygens (including phenoxy) is 1. The molecule has 1 saturated heterocycles. The minimum absolute atomic E-state index is 0.0246. The maximum Gasteiger partial charge on any atom is 0.376 e. The molecule has 20 nitrogen and oxygen atoms in total. The number of fused-ring (bicyclic) bond motifs is 3. The molecule has 66 heavy (non-hydrogen) atoms. The second-order valence-electron chi connectivity index (χ2n) is 17.1. The van der Waals surface area contributed by atoms with E-state index >= 15 is 0 Å². The molecule has 4 rings (SSSR count). The SMILES string of the molecule is CC[C@H](C)[C@H](NC(=O)CNC(=O)[C@H](CC(C)C)NC(=O)[C@@H]1CCCN1C(=O)CN)C(=O)N[C@@H](C)C(=O)NCC(=O)N[C@@H](CCC(N)=O)C(=O)C(=O)OCC1c2ccccc2-c2ccccc21. The molecule has 0 aromatic heterocycles. The van der Waals surface area contributed by atoms with Crippen molar-refractivity contribution < 1.29 is 52.7 Å². The molecule has 8 amide bonds. The topological polar surface area (TPSA) is 307 Å². The number of amides is 8. The van der Waals surface area contributed by atoms with Gasteiger partial charge in [-0.2, -0.15) is 0 Å². The molecule has 0 unspecified atom stereocenters. The van der Waals surface area contributed by atoms with Crippen LogP contribution < -0.4 is 43.4 Å². The quantitative estimate of drug-likeness (QED) is 0.0484. The van der Waals surface area contributed by atoms with E-state index in [0.717, 1.165) is 22.3 Å². The molecule has 6 atom stereocenters. The highest BCUT2D eigenvalue weighted by molar-refractivity contribution is 6.36. The Morgan fingerprint density at radius 1 is 0.758 bits per heavy atom. The van der Waals surface area contributed by atoms with Crippen molar-refractivity contribution in [2.75, 3.05) is 32.8 Å². The zero-order valence-electron chi connectivity index (χ0n) is 38.1. The molecular weight excluding hydrogens is 855 g/mol. The van der Waals surface area contributed by atoms with Crippen molar-refractivity contribution in [2.45, 2.75) is 109 Å². The van der Waals surface area contributed by atoms with E-state index in [1.54, 1.807) is 13.8 Å². The normalized spacial score (nSPS) is 16.3. The number of ketones is 1. The van der Waals surface area contributed by atoms with Crippen LogP contribution in [0.4, 0.5) is 0 Å². The van der Waals surface area contributed by atoms with Gasteiger partial charge in [-0.1, -0.05) is 82.6 Å². The largest absolute Gasteiger partial charge is 0.459 e. The molecule has 20 heteroatoms. The van der Waals surface area contributed by atoms with Gasteiger partial charge in [0.2, 0.25) is 47.3 Å². The van der Waals surface area contributed by atoms with Gasteiger partial charge in [0.1, 0.15) is 30.8 Å². The molecule has 1 fully saturated rings. The molecule has 1 aliphatic carbocycles. The van der Waals surface area contributed by atoms with Crippen LogP contribution in [-0.2, 0) is 52.7 Å². The molecular formula is C46H63N9O11. The first kappa shape index (κ1) is 51.9. The summed E-state index contributed by atoms with van der Waals surface area (Å²) in [7, 11) is 0. The summed E-state index contributed by atoms with van der Waals surface area (Å²) in [5, 5.41) is 15.0. The van der Waals surface area contributed by atoms with Crippen LogP contribution in [-0.4, -0.2) is 127 Å². The lowest BCUT2D eigenvalue weighted by Crippen LogP contribution is -2.57. The van der Waals surface area contributed by atoms with E-state index in [2.05, 4.69) is 31.9 Å². The number of nitrogens with two attached hydrogens (primary N) is 2. The third kappa shape index (κ3) is 14.1. The zero-order chi connectivity index (χ0) is 48.7. The van der Waals surface area contributed by atoms with Crippen molar-refractivity contribution in [2.24, 2.45) is 23.3 Å². The number of hydrogen-bond donors (Lipinski definition) is 8. The first-order chi connectivity index (χ1) is 31.4. The molecule has 10 N–H and O–H groups in total. The van der Waals surface area contributed by atoms with Gasteiger partial charge in [0.25, 0.3) is 5.78 Å². The van der Waals surface area contributed by atoms with Crippen molar-refractivity contribution >= 4 is 59.0 Å². The van der Waals surface area contributed by atoms with Gasteiger partial charge in [-0.25, -0.2) is 4.79 Å². The van der Waals surface area contributed by atoms with Gasteiger partial charge in [-0.15, -0.1) is 0 Å². The van der Waals surface area contributed by atoms with Gasteiger partial charge >= 0.3 is 5.97 Å². The summed E-state index contributed by atoms with van der Waals surface area (Å²) in [5.41, 5.74) is 14.6. The van der Waals surface area contributed by atoms with Crippen molar-refractivity contribution in [1.82, 2.24) is 36.8 Å². The second-order valence-corrected chi connectivity index (χ2v) is 17.1. The summed E-state index contributed by atoms with van der Waals surface area (Å²) in [4.78, 5) is 131. The minimum atomic E-state index is -1.50. The van der Waals surface area contributed by atoms with Crippen LogP contribution in [0.25, 0.3) is 11.1 Å². The fourth-order valence-electron chi connectivity index (χ4n) is 7.94.